The number of amides is 1. The quantitative estimate of drug-likeness (QED) is 0.343. The van der Waals surface area contributed by atoms with Crippen LogP contribution in [-0.4, -0.2) is 61.2 Å². The number of rotatable bonds is 8. The Kier molecular flexibility index (Phi) is 8.86. The van der Waals surface area contributed by atoms with Crippen LogP contribution in [0.15, 0.2) is 0 Å². The Morgan fingerprint density at radius 1 is 1.04 bits per heavy atom. The Labute approximate surface area is 156 Å². The van der Waals surface area contributed by atoms with Gasteiger partial charge in [0.15, 0.2) is 0 Å². The van der Waals surface area contributed by atoms with E-state index in [1.54, 1.807) is 6.92 Å². The normalized spacial score (nSPS) is 27.2. The number of ether oxygens (including phenoxy) is 4. The molecule has 1 N–H and O–H groups in total. The van der Waals surface area contributed by atoms with Crippen molar-refractivity contribution in [2.75, 3.05) is 6.61 Å². The molecule has 152 valence electrons. The molecule has 0 aromatic heterocycles. The monoisotopic (exact) mass is 387 g/mol. The van der Waals surface area contributed by atoms with Crippen molar-refractivity contribution in [2.24, 2.45) is 5.92 Å². The highest BCUT2D eigenvalue weighted by atomic mass is 16.7. The lowest BCUT2D eigenvalue weighted by Gasteiger charge is -2.43. The van der Waals surface area contributed by atoms with E-state index in [-0.39, 0.29) is 18.9 Å². The molecule has 1 saturated heterocycles. The summed E-state index contributed by atoms with van der Waals surface area (Å²) in [6.07, 6.45) is -2.28. The number of aldehydes is 1. The number of hydrogen-bond donors (Lipinski definition) is 1. The third-order valence-corrected chi connectivity index (χ3v) is 3.76. The Hall–Kier alpha value is -2.49. The van der Waals surface area contributed by atoms with Crippen molar-refractivity contribution in [3.05, 3.63) is 0 Å². The highest BCUT2D eigenvalue weighted by molar-refractivity contribution is 5.77. The molecule has 1 aliphatic heterocycles. The molecular formula is C17H25NO9. The minimum atomic E-state index is -1.31. The van der Waals surface area contributed by atoms with Crippen molar-refractivity contribution in [3.63, 3.8) is 0 Å². The van der Waals surface area contributed by atoms with E-state index < -0.39 is 48.4 Å². The maximum atomic E-state index is 12.0. The lowest BCUT2D eigenvalue weighted by atomic mass is 9.87. The van der Waals surface area contributed by atoms with E-state index in [9.17, 15) is 24.0 Å². The first kappa shape index (κ1) is 22.6. The molecule has 5 atom stereocenters. The van der Waals surface area contributed by atoms with Crippen LogP contribution in [0, 0.1) is 5.92 Å². The molecule has 0 radical (unpaired) electrons. The summed E-state index contributed by atoms with van der Waals surface area (Å²) in [5.74, 6) is -3.45. The molecule has 1 heterocycles. The van der Waals surface area contributed by atoms with E-state index >= 15 is 0 Å². The van der Waals surface area contributed by atoms with E-state index in [4.69, 9.17) is 18.9 Å². The van der Waals surface area contributed by atoms with Crippen molar-refractivity contribution in [1.82, 2.24) is 5.32 Å². The first-order valence-corrected chi connectivity index (χ1v) is 8.57. The summed E-state index contributed by atoms with van der Waals surface area (Å²) >= 11 is 0. The Morgan fingerprint density at radius 2 is 1.67 bits per heavy atom. The first-order valence-electron chi connectivity index (χ1n) is 8.57. The molecule has 27 heavy (non-hydrogen) atoms. The van der Waals surface area contributed by atoms with Gasteiger partial charge < -0.3 is 29.1 Å². The van der Waals surface area contributed by atoms with Gasteiger partial charge in [0.05, 0.1) is 5.92 Å². The fourth-order valence-corrected chi connectivity index (χ4v) is 2.72. The van der Waals surface area contributed by atoms with Crippen LogP contribution in [0.25, 0.3) is 0 Å². The minimum absolute atomic E-state index is 0.185. The second kappa shape index (κ2) is 10.6. The fourth-order valence-electron chi connectivity index (χ4n) is 2.72. The van der Waals surface area contributed by atoms with Gasteiger partial charge in [-0.1, -0.05) is 6.92 Å². The number of carbonyl (C=O) groups is 5. The highest BCUT2D eigenvalue weighted by Gasteiger charge is 2.50. The van der Waals surface area contributed by atoms with Crippen LogP contribution >= 0.6 is 0 Å². The fraction of sp³-hybridized carbons (Fsp3) is 0.706. The molecule has 0 aromatic rings. The van der Waals surface area contributed by atoms with Gasteiger partial charge in [0.25, 0.3) is 0 Å². The first-order chi connectivity index (χ1) is 12.7. The van der Waals surface area contributed by atoms with Crippen molar-refractivity contribution < 1.29 is 42.9 Å². The van der Waals surface area contributed by atoms with Gasteiger partial charge in [-0.15, -0.1) is 0 Å². The molecule has 0 bridgehead atoms. The van der Waals surface area contributed by atoms with E-state index in [0.29, 0.717) is 12.7 Å². The van der Waals surface area contributed by atoms with Crippen molar-refractivity contribution in [3.8, 4) is 0 Å². The van der Waals surface area contributed by atoms with Crippen LogP contribution < -0.4 is 5.32 Å². The van der Waals surface area contributed by atoms with Crippen molar-refractivity contribution >= 4 is 30.1 Å². The van der Waals surface area contributed by atoms with Crippen LogP contribution in [0.1, 0.15) is 40.5 Å². The molecule has 0 saturated carbocycles. The van der Waals surface area contributed by atoms with E-state index in [0.717, 1.165) is 13.8 Å². The Morgan fingerprint density at radius 3 is 2.15 bits per heavy atom. The molecule has 0 spiro atoms. The Balaban J connectivity index is 3.17. The molecule has 0 aliphatic carbocycles. The second-order valence-corrected chi connectivity index (χ2v) is 6.09. The lowest BCUT2D eigenvalue weighted by Crippen LogP contribution is -2.63. The highest BCUT2D eigenvalue weighted by Crippen LogP contribution is 2.29. The maximum absolute atomic E-state index is 12.0. The molecule has 1 aliphatic rings. The molecule has 1 rings (SSSR count). The number of nitrogens with one attached hydrogen (secondary N) is 1. The third kappa shape index (κ3) is 6.97. The SMILES string of the molecule is CCCC(=O)NC1C(C=O)[C@H](OC(C)=O)C(COC(C)=O)O[C@H]1OC(C)=O. The summed E-state index contributed by atoms with van der Waals surface area (Å²) in [7, 11) is 0. The van der Waals surface area contributed by atoms with Crippen LogP contribution in [0.3, 0.4) is 0 Å². The smallest absolute Gasteiger partial charge is 0.305 e. The predicted octanol–water partition coefficient (Wildman–Crippen LogP) is -0.131. The summed E-state index contributed by atoms with van der Waals surface area (Å²) in [5, 5.41) is 2.59. The topological polar surface area (TPSA) is 134 Å². The largest absolute Gasteiger partial charge is 0.463 e. The van der Waals surface area contributed by atoms with Gasteiger partial charge in [0, 0.05) is 27.2 Å². The molecular weight excluding hydrogens is 362 g/mol. The van der Waals surface area contributed by atoms with Gasteiger partial charge >= 0.3 is 17.9 Å². The van der Waals surface area contributed by atoms with Crippen molar-refractivity contribution in [2.45, 2.75) is 65.1 Å². The zero-order chi connectivity index (χ0) is 20.6. The van der Waals surface area contributed by atoms with Crippen LogP contribution in [-0.2, 0) is 42.9 Å². The van der Waals surface area contributed by atoms with Gasteiger partial charge in [-0.3, -0.25) is 19.2 Å². The summed E-state index contributed by atoms with van der Waals surface area (Å²) in [6, 6.07) is -1.07. The summed E-state index contributed by atoms with van der Waals surface area (Å²) in [6.45, 7) is 4.94. The zero-order valence-electron chi connectivity index (χ0n) is 15.8. The zero-order valence-corrected chi connectivity index (χ0v) is 15.8. The Bertz CT molecular complexity index is 577. The second-order valence-electron chi connectivity index (χ2n) is 6.09. The van der Waals surface area contributed by atoms with Crippen molar-refractivity contribution in [1.29, 1.82) is 0 Å². The molecule has 3 unspecified atom stereocenters. The summed E-state index contributed by atoms with van der Waals surface area (Å²) in [4.78, 5) is 57.8. The number of hydrogen-bond acceptors (Lipinski definition) is 9. The van der Waals surface area contributed by atoms with E-state index in [2.05, 4.69) is 5.32 Å². The van der Waals surface area contributed by atoms with Gasteiger partial charge in [0.2, 0.25) is 12.2 Å². The standard InChI is InChI=1S/C17H25NO9/c1-5-6-14(23)18-15-12(7-19)16(25-10(3)21)13(8-24-9(2)20)27-17(15)26-11(4)22/h7,12-13,15-17H,5-6,8H2,1-4H3,(H,18,23)/t12?,13?,15?,16-,17+/m0/s1. The van der Waals surface area contributed by atoms with Gasteiger partial charge in [-0.2, -0.15) is 0 Å². The van der Waals surface area contributed by atoms with Gasteiger partial charge in [0.1, 0.15) is 31.1 Å². The third-order valence-electron chi connectivity index (χ3n) is 3.76. The van der Waals surface area contributed by atoms with E-state index in [1.165, 1.54) is 6.92 Å². The minimum Gasteiger partial charge on any atom is -0.463 e. The molecule has 0 aromatic carbocycles. The molecule has 1 fully saturated rings. The van der Waals surface area contributed by atoms with Gasteiger partial charge in [-0.25, -0.2) is 0 Å². The van der Waals surface area contributed by atoms with E-state index in [1.807, 2.05) is 0 Å². The number of esters is 3. The summed E-state index contributed by atoms with van der Waals surface area (Å²) in [5.41, 5.74) is 0. The van der Waals surface area contributed by atoms with Crippen LogP contribution in [0.2, 0.25) is 0 Å². The average molecular weight is 387 g/mol. The predicted molar refractivity (Wildman–Crippen MR) is 89.0 cm³/mol. The molecule has 10 heteroatoms. The number of carbonyl (C=O) groups excluding carboxylic acids is 5. The lowest BCUT2D eigenvalue weighted by molar-refractivity contribution is -0.254. The van der Waals surface area contributed by atoms with Crippen LogP contribution in [0.4, 0.5) is 0 Å². The maximum Gasteiger partial charge on any atom is 0.305 e. The summed E-state index contributed by atoms with van der Waals surface area (Å²) < 4.78 is 20.8. The van der Waals surface area contributed by atoms with Gasteiger partial charge in [-0.05, 0) is 6.42 Å². The molecule has 1 amide bonds. The average Bonchev–Trinajstić information content (AvgIpc) is 2.55. The molecule has 10 nitrogen and oxygen atoms in total. The van der Waals surface area contributed by atoms with Crippen LogP contribution in [0.5, 0.6) is 0 Å².